The third kappa shape index (κ3) is 3.27. The molecule has 1 rings (SSSR count). The molecular weight excluding hydrogens is 196 g/mol. The van der Waals surface area contributed by atoms with Crippen LogP contribution in [0.4, 0.5) is 0 Å². The fourth-order valence-corrected chi connectivity index (χ4v) is 1.15. The lowest BCUT2D eigenvalue weighted by Crippen LogP contribution is -1.75. The molecule has 0 atom stereocenters. The summed E-state index contributed by atoms with van der Waals surface area (Å²) < 4.78 is 0. The van der Waals surface area contributed by atoms with Crippen molar-refractivity contribution in [1.82, 2.24) is 0 Å². The maximum atomic E-state index is 9.08. The maximum Gasteiger partial charge on any atom is 0.115 e. The van der Waals surface area contributed by atoms with Gasteiger partial charge in [-0.2, -0.15) is 0 Å². The molecule has 0 bridgehead atoms. The van der Waals surface area contributed by atoms with E-state index in [0.717, 1.165) is 5.56 Å². The minimum Gasteiger partial charge on any atom is -0.508 e. The molecule has 0 amide bonds. The van der Waals surface area contributed by atoms with Gasteiger partial charge in [-0.1, -0.05) is 23.3 Å². The minimum atomic E-state index is 0.250. The molecule has 14 heavy (non-hydrogen) atoms. The largest absolute Gasteiger partial charge is 0.508 e. The number of benzene rings is 1. The molecule has 74 valence electrons. The molecule has 0 radical (unpaired) electrons. The van der Waals surface area contributed by atoms with Crippen LogP contribution in [0.5, 0.6) is 5.75 Å². The Labute approximate surface area is 89.3 Å². The zero-order valence-electron chi connectivity index (χ0n) is 8.29. The molecule has 0 aromatic heterocycles. The van der Waals surface area contributed by atoms with Gasteiger partial charge in [0.15, 0.2) is 0 Å². The summed E-state index contributed by atoms with van der Waals surface area (Å²) in [4.78, 5) is 0. The summed E-state index contributed by atoms with van der Waals surface area (Å²) in [6.07, 6.45) is 3.80. The molecule has 0 fully saturated rings. The Balaban J connectivity index is 2.89. The van der Waals surface area contributed by atoms with E-state index >= 15 is 0 Å². The van der Waals surface area contributed by atoms with Gasteiger partial charge in [-0.05, 0) is 49.8 Å². The molecule has 1 aromatic rings. The van der Waals surface area contributed by atoms with E-state index in [4.69, 9.17) is 16.7 Å². The van der Waals surface area contributed by atoms with Gasteiger partial charge in [0.2, 0.25) is 0 Å². The molecule has 0 aliphatic heterocycles. The van der Waals surface area contributed by atoms with Crippen LogP contribution < -0.4 is 0 Å². The Kier molecular flexibility index (Phi) is 3.78. The number of hydrogen-bond donors (Lipinski definition) is 1. The van der Waals surface area contributed by atoms with E-state index in [0.29, 0.717) is 5.03 Å². The van der Waals surface area contributed by atoms with Crippen LogP contribution in [0.3, 0.4) is 0 Å². The van der Waals surface area contributed by atoms with E-state index in [-0.39, 0.29) is 5.75 Å². The predicted molar refractivity (Wildman–Crippen MR) is 61.4 cm³/mol. The van der Waals surface area contributed by atoms with Gasteiger partial charge in [0, 0.05) is 5.03 Å². The number of phenolic OH excluding ortho intramolecular Hbond substituents is 1. The van der Waals surface area contributed by atoms with Crippen molar-refractivity contribution >= 4 is 16.6 Å². The van der Waals surface area contributed by atoms with Gasteiger partial charge in [0.05, 0.1) is 0 Å². The topological polar surface area (TPSA) is 20.2 Å². The molecule has 1 aromatic carbocycles. The summed E-state index contributed by atoms with van der Waals surface area (Å²) in [7, 11) is 0. The molecule has 0 unspecified atom stereocenters. The van der Waals surface area contributed by atoms with Crippen molar-refractivity contribution in [3.05, 3.63) is 47.6 Å². The molecule has 0 heterocycles. The molecule has 1 N–H and O–H groups in total. The first-order valence-corrected chi connectivity index (χ1v) is 4.77. The third-order valence-electron chi connectivity index (χ3n) is 1.71. The summed E-state index contributed by atoms with van der Waals surface area (Å²) in [6, 6.07) is 6.81. The van der Waals surface area contributed by atoms with E-state index in [2.05, 4.69) is 0 Å². The van der Waals surface area contributed by atoms with E-state index in [1.807, 2.05) is 26.0 Å². The number of phenols is 1. The first-order valence-electron chi connectivity index (χ1n) is 4.39. The second-order valence-electron chi connectivity index (χ2n) is 3.31. The Morgan fingerprint density at radius 1 is 1.14 bits per heavy atom. The quantitative estimate of drug-likeness (QED) is 0.730. The highest BCUT2D eigenvalue weighted by molar-refractivity contribution is 6.48. The average Bonchev–Trinajstić information content (AvgIpc) is 2.15. The van der Waals surface area contributed by atoms with Gasteiger partial charge in [0.1, 0.15) is 5.75 Å². The zero-order chi connectivity index (χ0) is 10.6. The van der Waals surface area contributed by atoms with Crippen LogP contribution in [0.25, 0.3) is 5.03 Å². The monoisotopic (exact) mass is 208 g/mol. The van der Waals surface area contributed by atoms with Crippen molar-refractivity contribution in [3.63, 3.8) is 0 Å². The SMILES string of the molecule is CC(C)=C/C=C(\Cl)c1ccc(O)cc1. The highest BCUT2D eigenvalue weighted by Crippen LogP contribution is 2.21. The van der Waals surface area contributed by atoms with Gasteiger partial charge < -0.3 is 5.11 Å². The van der Waals surface area contributed by atoms with Gasteiger partial charge in [-0.15, -0.1) is 0 Å². The molecule has 0 aliphatic rings. The van der Waals surface area contributed by atoms with E-state index in [1.165, 1.54) is 5.57 Å². The van der Waals surface area contributed by atoms with E-state index in [1.54, 1.807) is 24.3 Å². The van der Waals surface area contributed by atoms with E-state index < -0.39 is 0 Å². The predicted octanol–water partition coefficient (Wildman–Crippen LogP) is 3.94. The lowest BCUT2D eigenvalue weighted by atomic mass is 10.2. The second kappa shape index (κ2) is 4.87. The highest BCUT2D eigenvalue weighted by atomic mass is 35.5. The molecule has 0 aliphatic carbocycles. The standard InChI is InChI=1S/C12H13ClO/c1-9(2)3-8-12(13)10-4-6-11(14)7-5-10/h3-8,14H,1-2H3/b12-8-. The van der Waals surface area contributed by atoms with Crippen LogP contribution in [0.2, 0.25) is 0 Å². The van der Waals surface area contributed by atoms with Gasteiger partial charge in [0.25, 0.3) is 0 Å². The normalized spacial score (nSPS) is 11.2. The van der Waals surface area contributed by atoms with E-state index in [9.17, 15) is 0 Å². The fourth-order valence-electron chi connectivity index (χ4n) is 0.957. The van der Waals surface area contributed by atoms with Crippen molar-refractivity contribution in [2.75, 3.05) is 0 Å². The van der Waals surface area contributed by atoms with Crippen LogP contribution in [-0.4, -0.2) is 5.11 Å². The summed E-state index contributed by atoms with van der Waals surface area (Å²) >= 11 is 6.04. The molecular formula is C12H13ClO. The maximum absolute atomic E-state index is 9.08. The number of halogens is 1. The summed E-state index contributed by atoms with van der Waals surface area (Å²) in [5.74, 6) is 0.250. The Morgan fingerprint density at radius 2 is 1.71 bits per heavy atom. The Hall–Kier alpha value is -1.21. The zero-order valence-corrected chi connectivity index (χ0v) is 9.05. The highest BCUT2D eigenvalue weighted by Gasteiger charge is 1.96. The molecule has 1 nitrogen and oxygen atoms in total. The summed E-state index contributed by atoms with van der Waals surface area (Å²) in [6.45, 7) is 4.02. The van der Waals surface area contributed by atoms with Crippen molar-refractivity contribution in [2.45, 2.75) is 13.8 Å². The van der Waals surface area contributed by atoms with Crippen molar-refractivity contribution in [2.24, 2.45) is 0 Å². The minimum absolute atomic E-state index is 0.250. The molecule has 0 spiro atoms. The lowest BCUT2D eigenvalue weighted by molar-refractivity contribution is 0.475. The fraction of sp³-hybridized carbons (Fsp3) is 0.167. The van der Waals surface area contributed by atoms with Gasteiger partial charge in [-0.25, -0.2) is 0 Å². The first-order chi connectivity index (χ1) is 6.59. The van der Waals surface area contributed by atoms with Gasteiger partial charge in [-0.3, -0.25) is 0 Å². The smallest absolute Gasteiger partial charge is 0.115 e. The lowest BCUT2D eigenvalue weighted by Gasteiger charge is -1.98. The van der Waals surface area contributed by atoms with Crippen LogP contribution in [0, 0.1) is 0 Å². The summed E-state index contributed by atoms with van der Waals surface area (Å²) in [5, 5.41) is 9.75. The second-order valence-corrected chi connectivity index (χ2v) is 3.71. The molecule has 0 saturated carbocycles. The third-order valence-corrected chi connectivity index (χ3v) is 2.05. The van der Waals surface area contributed by atoms with Crippen LogP contribution in [0.15, 0.2) is 42.0 Å². The molecule has 2 heteroatoms. The van der Waals surface area contributed by atoms with Gasteiger partial charge >= 0.3 is 0 Å². The Bertz CT molecular complexity index is 356. The first kappa shape index (κ1) is 10.9. The number of rotatable bonds is 2. The van der Waals surface area contributed by atoms with Crippen molar-refractivity contribution < 1.29 is 5.11 Å². The van der Waals surface area contributed by atoms with Crippen molar-refractivity contribution in [1.29, 1.82) is 0 Å². The van der Waals surface area contributed by atoms with Crippen LogP contribution in [0.1, 0.15) is 19.4 Å². The Morgan fingerprint density at radius 3 is 2.21 bits per heavy atom. The van der Waals surface area contributed by atoms with Crippen LogP contribution in [-0.2, 0) is 0 Å². The summed E-state index contributed by atoms with van der Waals surface area (Å²) in [5.41, 5.74) is 2.10. The average molecular weight is 209 g/mol. The molecule has 0 saturated heterocycles. The number of hydrogen-bond acceptors (Lipinski definition) is 1. The number of aromatic hydroxyl groups is 1. The van der Waals surface area contributed by atoms with Crippen molar-refractivity contribution in [3.8, 4) is 5.75 Å². The number of allylic oxidation sites excluding steroid dienone is 3. The van der Waals surface area contributed by atoms with Crippen LogP contribution >= 0.6 is 11.6 Å².